The van der Waals surface area contributed by atoms with Gasteiger partial charge in [-0.2, -0.15) is 0 Å². The molecule has 1 unspecified atom stereocenters. The third-order valence-corrected chi connectivity index (χ3v) is 3.48. The van der Waals surface area contributed by atoms with E-state index < -0.39 is 12.0 Å². The van der Waals surface area contributed by atoms with E-state index in [2.05, 4.69) is 15.9 Å². The number of aliphatic carboxylic acids is 1. The molecule has 5 heteroatoms. The molecular weight excluding hydrogens is 305 g/mol. The number of carboxylic acid groups (broad SMARTS) is 1. The van der Waals surface area contributed by atoms with Crippen molar-refractivity contribution in [1.82, 2.24) is 4.90 Å². The molecule has 3 nitrogen and oxygen atoms in total. The Balaban J connectivity index is 2.79. The van der Waals surface area contributed by atoms with Gasteiger partial charge in [-0.3, -0.25) is 9.69 Å². The molecule has 0 fully saturated rings. The molecule has 0 saturated heterocycles. The highest BCUT2D eigenvalue weighted by molar-refractivity contribution is 9.10. The van der Waals surface area contributed by atoms with E-state index in [1.54, 1.807) is 11.9 Å². The molecule has 0 amide bonds. The van der Waals surface area contributed by atoms with Gasteiger partial charge in [-0.15, -0.1) is 0 Å². The summed E-state index contributed by atoms with van der Waals surface area (Å²) >= 11 is 9.43. The lowest BCUT2D eigenvalue weighted by atomic mass is 10.1. The fourth-order valence-corrected chi connectivity index (χ4v) is 2.44. The van der Waals surface area contributed by atoms with Crippen LogP contribution in [0.15, 0.2) is 22.7 Å². The van der Waals surface area contributed by atoms with Crippen LogP contribution in [0, 0.1) is 0 Å². The van der Waals surface area contributed by atoms with E-state index in [0.717, 1.165) is 10.0 Å². The van der Waals surface area contributed by atoms with Gasteiger partial charge in [0.25, 0.3) is 0 Å². The fourth-order valence-electron chi connectivity index (χ4n) is 1.70. The molecule has 1 aromatic rings. The predicted molar refractivity (Wildman–Crippen MR) is 72.3 cm³/mol. The molecular formula is C12H15BrClNO2. The molecule has 1 N–H and O–H groups in total. The molecule has 0 aliphatic rings. The average molecular weight is 321 g/mol. The first kappa shape index (κ1) is 14.5. The van der Waals surface area contributed by atoms with E-state index in [9.17, 15) is 4.79 Å². The van der Waals surface area contributed by atoms with Crippen LogP contribution in [0.1, 0.15) is 18.9 Å². The molecule has 0 aromatic heterocycles. The Labute approximate surface area is 115 Å². The van der Waals surface area contributed by atoms with Crippen molar-refractivity contribution in [3.8, 4) is 0 Å². The monoisotopic (exact) mass is 319 g/mol. The molecule has 1 atom stereocenters. The number of nitrogens with zero attached hydrogens (tertiary/aromatic N) is 1. The Morgan fingerprint density at radius 1 is 1.59 bits per heavy atom. The van der Waals surface area contributed by atoms with E-state index >= 15 is 0 Å². The minimum Gasteiger partial charge on any atom is -0.480 e. The molecule has 94 valence electrons. The molecule has 0 radical (unpaired) electrons. The summed E-state index contributed by atoms with van der Waals surface area (Å²) in [5.41, 5.74) is 0.928. The highest BCUT2D eigenvalue weighted by Gasteiger charge is 2.20. The second-order valence-electron chi connectivity index (χ2n) is 3.91. The second kappa shape index (κ2) is 6.38. The zero-order valence-electron chi connectivity index (χ0n) is 9.78. The van der Waals surface area contributed by atoms with E-state index in [1.165, 1.54) is 0 Å². The molecule has 1 aromatic carbocycles. The van der Waals surface area contributed by atoms with Gasteiger partial charge in [0.05, 0.1) is 0 Å². The van der Waals surface area contributed by atoms with Crippen molar-refractivity contribution in [2.45, 2.75) is 25.9 Å². The Bertz CT molecular complexity index is 411. The topological polar surface area (TPSA) is 40.5 Å². The molecule has 0 spiro atoms. The van der Waals surface area contributed by atoms with Crippen molar-refractivity contribution in [3.05, 3.63) is 33.3 Å². The van der Waals surface area contributed by atoms with Crippen molar-refractivity contribution in [2.75, 3.05) is 7.05 Å². The van der Waals surface area contributed by atoms with Gasteiger partial charge in [-0.25, -0.2) is 0 Å². The summed E-state index contributed by atoms with van der Waals surface area (Å²) in [7, 11) is 1.79. The number of carboxylic acids is 1. The first-order valence-corrected chi connectivity index (χ1v) is 6.49. The number of carbonyl (C=O) groups is 1. The maximum Gasteiger partial charge on any atom is 0.320 e. The highest BCUT2D eigenvalue weighted by Crippen LogP contribution is 2.23. The van der Waals surface area contributed by atoms with Crippen LogP contribution >= 0.6 is 27.5 Å². The number of hydrogen-bond acceptors (Lipinski definition) is 2. The van der Waals surface area contributed by atoms with E-state index in [1.807, 2.05) is 25.1 Å². The van der Waals surface area contributed by atoms with Crippen molar-refractivity contribution < 1.29 is 9.90 Å². The van der Waals surface area contributed by atoms with Gasteiger partial charge >= 0.3 is 5.97 Å². The maximum atomic E-state index is 11.0. The van der Waals surface area contributed by atoms with E-state index in [0.29, 0.717) is 18.0 Å². The van der Waals surface area contributed by atoms with Gasteiger partial charge in [0.15, 0.2) is 0 Å². The Hall–Kier alpha value is -0.580. The Morgan fingerprint density at radius 3 is 2.71 bits per heavy atom. The number of hydrogen-bond donors (Lipinski definition) is 1. The SMILES string of the molecule is CCC(C(=O)O)N(C)Cc1ccc(Br)cc1Cl. The third-order valence-electron chi connectivity index (χ3n) is 2.64. The van der Waals surface area contributed by atoms with Gasteiger partial charge in [0, 0.05) is 16.0 Å². The summed E-state index contributed by atoms with van der Waals surface area (Å²) in [5, 5.41) is 9.70. The van der Waals surface area contributed by atoms with Crippen molar-refractivity contribution in [1.29, 1.82) is 0 Å². The normalized spacial score (nSPS) is 12.8. The quantitative estimate of drug-likeness (QED) is 0.904. The van der Waals surface area contributed by atoms with Crippen LogP contribution in [0.3, 0.4) is 0 Å². The molecule has 0 heterocycles. The molecule has 17 heavy (non-hydrogen) atoms. The van der Waals surface area contributed by atoms with E-state index in [4.69, 9.17) is 16.7 Å². The van der Waals surface area contributed by atoms with Crippen LogP contribution in [0.2, 0.25) is 5.02 Å². The van der Waals surface area contributed by atoms with Crippen LogP contribution in [-0.2, 0) is 11.3 Å². The minimum absolute atomic E-state index is 0.477. The van der Waals surface area contributed by atoms with Crippen molar-refractivity contribution in [3.63, 3.8) is 0 Å². The van der Waals surface area contributed by atoms with Gasteiger partial charge in [-0.05, 0) is 31.2 Å². The van der Waals surface area contributed by atoms with Crippen molar-refractivity contribution in [2.24, 2.45) is 0 Å². The molecule has 1 rings (SSSR count). The molecule has 0 aliphatic carbocycles. The van der Waals surface area contributed by atoms with Gasteiger partial charge in [0.2, 0.25) is 0 Å². The maximum absolute atomic E-state index is 11.0. The highest BCUT2D eigenvalue weighted by atomic mass is 79.9. The molecule has 0 saturated carbocycles. The van der Waals surface area contributed by atoms with Crippen molar-refractivity contribution >= 4 is 33.5 Å². The molecule has 0 aliphatic heterocycles. The standard InChI is InChI=1S/C12H15BrClNO2/c1-3-11(12(16)17)15(2)7-8-4-5-9(13)6-10(8)14/h4-6,11H,3,7H2,1-2H3,(H,16,17). The number of benzene rings is 1. The Kier molecular flexibility index (Phi) is 5.43. The largest absolute Gasteiger partial charge is 0.480 e. The predicted octanol–water partition coefficient (Wildman–Crippen LogP) is 3.40. The smallest absolute Gasteiger partial charge is 0.320 e. The summed E-state index contributed by atoms with van der Waals surface area (Å²) in [6, 6.07) is 5.13. The van der Waals surface area contributed by atoms with Crippen LogP contribution < -0.4 is 0 Å². The lowest BCUT2D eigenvalue weighted by Crippen LogP contribution is -2.37. The number of likely N-dealkylation sites (N-methyl/N-ethyl adjacent to an activating group) is 1. The van der Waals surface area contributed by atoms with Crippen LogP contribution in [0.4, 0.5) is 0 Å². The minimum atomic E-state index is -0.803. The van der Waals surface area contributed by atoms with E-state index in [-0.39, 0.29) is 0 Å². The number of halogens is 2. The summed E-state index contributed by atoms with van der Waals surface area (Å²) in [5.74, 6) is -0.803. The Morgan fingerprint density at radius 2 is 2.24 bits per heavy atom. The third kappa shape index (κ3) is 3.98. The molecule has 0 bridgehead atoms. The van der Waals surface area contributed by atoms with Crippen LogP contribution in [-0.4, -0.2) is 29.1 Å². The summed E-state index contributed by atoms with van der Waals surface area (Å²) in [4.78, 5) is 12.8. The van der Waals surface area contributed by atoms with Crippen LogP contribution in [0.5, 0.6) is 0 Å². The first-order chi connectivity index (χ1) is 7.95. The average Bonchev–Trinajstić information content (AvgIpc) is 2.22. The summed E-state index contributed by atoms with van der Waals surface area (Å²) < 4.78 is 0.916. The first-order valence-electron chi connectivity index (χ1n) is 5.32. The van der Waals surface area contributed by atoms with Gasteiger partial charge < -0.3 is 5.11 Å². The number of rotatable bonds is 5. The second-order valence-corrected chi connectivity index (χ2v) is 5.24. The van der Waals surface area contributed by atoms with Crippen LogP contribution in [0.25, 0.3) is 0 Å². The fraction of sp³-hybridized carbons (Fsp3) is 0.417. The zero-order valence-corrected chi connectivity index (χ0v) is 12.1. The van der Waals surface area contributed by atoms with Gasteiger partial charge in [-0.1, -0.05) is 40.5 Å². The lowest BCUT2D eigenvalue weighted by Gasteiger charge is -2.23. The zero-order chi connectivity index (χ0) is 13.0. The van der Waals surface area contributed by atoms with Gasteiger partial charge in [0.1, 0.15) is 6.04 Å². The summed E-state index contributed by atoms with van der Waals surface area (Å²) in [6.07, 6.45) is 0.569. The lowest BCUT2D eigenvalue weighted by molar-refractivity contribution is -0.143. The summed E-state index contributed by atoms with van der Waals surface area (Å²) in [6.45, 7) is 2.38.